The number of benzene rings is 1. The Morgan fingerprint density at radius 1 is 1.25 bits per heavy atom. The molecule has 0 aliphatic carbocycles. The van der Waals surface area contributed by atoms with Crippen LogP contribution in [0.4, 0.5) is 0 Å². The van der Waals surface area contributed by atoms with Crippen molar-refractivity contribution in [2.75, 3.05) is 0 Å². The Morgan fingerprint density at radius 2 is 1.88 bits per heavy atom. The van der Waals surface area contributed by atoms with Crippen LogP contribution in [0.1, 0.15) is 10.4 Å². The molecule has 2 aromatic rings. The fourth-order valence-corrected chi connectivity index (χ4v) is 2.37. The monoisotopic (exact) mass is 345 g/mol. The second-order valence-corrected chi connectivity index (χ2v) is 4.82. The number of H-pyrrole nitrogens is 1. The van der Waals surface area contributed by atoms with Gasteiger partial charge in [0.2, 0.25) is 5.43 Å². The number of carboxylic acids is 1. The molecule has 0 saturated carbocycles. The van der Waals surface area contributed by atoms with Crippen molar-refractivity contribution in [1.29, 1.82) is 0 Å². The van der Waals surface area contributed by atoms with Gasteiger partial charge in [-0.2, -0.15) is 0 Å². The van der Waals surface area contributed by atoms with Gasteiger partial charge in [0, 0.05) is 15.1 Å². The molecule has 2 N–H and O–H groups in total. The molecule has 0 fully saturated rings. The smallest absolute Gasteiger partial charge is 0.341 e. The summed E-state index contributed by atoms with van der Waals surface area (Å²) in [6.45, 7) is 0. The molecule has 82 valence electrons. The van der Waals surface area contributed by atoms with Gasteiger partial charge in [-0.1, -0.05) is 0 Å². The van der Waals surface area contributed by atoms with E-state index in [1.54, 1.807) is 12.1 Å². The van der Waals surface area contributed by atoms with E-state index in [4.69, 9.17) is 5.11 Å². The van der Waals surface area contributed by atoms with Crippen molar-refractivity contribution in [3.8, 4) is 0 Å². The van der Waals surface area contributed by atoms with Crippen LogP contribution >= 0.6 is 31.9 Å². The number of pyridine rings is 1. The van der Waals surface area contributed by atoms with Crippen LogP contribution in [0.5, 0.6) is 0 Å². The lowest BCUT2D eigenvalue weighted by molar-refractivity contribution is 0.0695. The lowest BCUT2D eigenvalue weighted by atomic mass is 10.1. The number of aromatic nitrogens is 1. The zero-order valence-corrected chi connectivity index (χ0v) is 10.9. The van der Waals surface area contributed by atoms with Crippen LogP contribution in [-0.4, -0.2) is 16.1 Å². The minimum Gasteiger partial charge on any atom is -0.477 e. The highest BCUT2D eigenvalue weighted by Gasteiger charge is 2.14. The standard InChI is InChI=1S/C10H5Br2NO3/c11-5-1-2-6(12)8-7(5)9(14)4(3-13-8)10(15)16/h1-3H,(H,13,14)(H,15,16). The van der Waals surface area contributed by atoms with Crippen LogP contribution in [0.15, 0.2) is 32.1 Å². The average Bonchev–Trinajstić information content (AvgIpc) is 2.23. The second-order valence-electron chi connectivity index (χ2n) is 3.12. The topological polar surface area (TPSA) is 70.2 Å². The number of fused-ring (bicyclic) bond motifs is 1. The zero-order valence-electron chi connectivity index (χ0n) is 7.75. The van der Waals surface area contributed by atoms with Gasteiger partial charge in [0.05, 0.1) is 10.9 Å². The first kappa shape index (κ1) is 11.3. The van der Waals surface area contributed by atoms with Crippen molar-refractivity contribution in [1.82, 2.24) is 4.98 Å². The Morgan fingerprint density at radius 3 is 2.50 bits per heavy atom. The molecule has 4 nitrogen and oxygen atoms in total. The summed E-state index contributed by atoms with van der Waals surface area (Å²) in [7, 11) is 0. The molecular weight excluding hydrogens is 342 g/mol. The SMILES string of the molecule is O=C(O)c1c[nH]c2c(Br)ccc(Br)c2c1=O. The molecule has 0 saturated heterocycles. The van der Waals surface area contributed by atoms with Gasteiger partial charge in [-0.15, -0.1) is 0 Å². The second kappa shape index (κ2) is 4.03. The molecule has 16 heavy (non-hydrogen) atoms. The Bertz CT molecular complexity index is 648. The van der Waals surface area contributed by atoms with Gasteiger partial charge < -0.3 is 10.1 Å². The van der Waals surface area contributed by atoms with Gasteiger partial charge in [-0.05, 0) is 44.0 Å². The summed E-state index contributed by atoms with van der Waals surface area (Å²) >= 11 is 6.52. The lowest BCUT2D eigenvalue weighted by Crippen LogP contribution is -2.15. The van der Waals surface area contributed by atoms with Crippen molar-refractivity contribution in [3.05, 3.63) is 43.1 Å². The number of aromatic carboxylic acids is 1. The molecule has 0 atom stereocenters. The third-order valence-electron chi connectivity index (χ3n) is 2.17. The van der Waals surface area contributed by atoms with Crippen molar-refractivity contribution >= 4 is 48.7 Å². The van der Waals surface area contributed by atoms with E-state index in [2.05, 4.69) is 36.8 Å². The maximum absolute atomic E-state index is 11.9. The van der Waals surface area contributed by atoms with Gasteiger partial charge in [0.15, 0.2) is 0 Å². The number of hydrogen-bond acceptors (Lipinski definition) is 2. The summed E-state index contributed by atoms with van der Waals surface area (Å²) in [6, 6.07) is 3.45. The maximum atomic E-state index is 11.9. The predicted octanol–water partition coefficient (Wildman–Crippen LogP) is 2.75. The van der Waals surface area contributed by atoms with E-state index in [0.717, 1.165) is 0 Å². The quantitative estimate of drug-likeness (QED) is 0.834. The van der Waals surface area contributed by atoms with Crippen LogP contribution in [0.25, 0.3) is 10.9 Å². The van der Waals surface area contributed by atoms with Crippen molar-refractivity contribution in [2.45, 2.75) is 0 Å². The molecule has 0 radical (unpaired) electrons. The largest absolute Gasteiger partial charge is 0.477 e. The van der Waals surface area contributed by atoms with Crippen molar-refractivity contribution in [2.24, 2.45) is 0 Å². The van der Waals surface area contributed by atoms with Crippen LogP contribution in [0.3, 0.4) is 0 Å². The molecule has 0 aliphatic rings. The van der Waals surface area contributed by atoms with Crippen LogP contribution in [0, 0.1) is 0 Å². The van der Waals surface area contributed by atoms with E-state index < -0.39 is 11.4 Å². The van der Waals surface area contributed by atoms with E-state index in [9.17, 15) is 9.59 Å². The van der Waals surface area contributed by atoms with Gasteiger partial charge in [0.1, 0.15) is 5.56 Å². The molecule has 6 heteroatoms. The predicted molar refractivity (Wildman–Crippen MR) is 66.9 cm³/mol. The van der Waals surface area contributed by atoms with E-state index in [0.29, 0.717) is 19.8 Å². The number of halogens is 2. The Hall–Kier alpha value is -1.14. The zero-order chi connectivity index (χ0) is 11.9. The number of carboxylic acid groups (broad SMARTS) is 1. The number of aromatic amines is 1. The third kappa shape index (κ3) is 1.68. The first-order valence-electron chi connectivity index (χ1n) is 4.25. The highest BCUT2D eigenvalue weighted by Crippen LogP contribution is 2.26. The Kier molecular flexibility index (Phi) is 2.86. The lowest BCUT2D eigenvalue weighted by Gasteiger charge is -2.03. The summed E-state index contributed by atoms with van der Waals surface area (Å²) in [5.41, 5.74) is -0.204. The first-order chi connectivity index (χ1) is 7.52. The minimum atomic E-state index is -1.24. The molecule has 0 bridgehead atoms. The van der Waals surface area contributed by atoms with E-state index >= 15 is 0 Å². The fraction of sp³-hybridized carbons (Fsp3) is 0. The summed E-state index contributed by atoms with van der Waals surface area (Å²) in [6.07, 6.45) is 1.20. The molecule has 0 unspecified atom stereocenters. The van der Waals surface area contributed by atoms with E-state index in [-0.39, 0.29) is 5.56 Å². The number of hydrogen-bond donors (Lipinski definition) is 2. The summed E-state index contributed by atoms with van der Waals surface area (Å²) in [5, 5.41) is 9.17. The average molecular weight is 347 g/mol. The maximum Gasteiger partial charge on any atom is 0.341 e. The summed E-state index contributed by atoms with van der Waals surface area (Å²) in [4.78, 5) is 25.5. The summed E-state index contributed by atoms with van der Waals surface area (Å²) in [5.74, 6) is -1.24. The molecule has 1 aromatic carbocycles. The molecular formula is C10H5Br2NO3. The summed E-state index contributed by atoms with van der Waals surface area (Å²) < 4.78 is 1.27. The van der Waals surface area contributed by atoms with Crippen molar-refractivity contribution < 1.29 is 9.90 Å². The van der Waals surface area contributed by atoms with Gasteiger partial charge in [-0.25, -0.2) is 4.79 Å². The van der Waals surface area contributed by atoms with Crippen LogP contribution in [-0.2, 0) is 0 Å². The fourth-order valence-electron chi connectivity index (χ4n) is 1.42. The molecule has 1 aromatic heterocycles. The third-order valence-corrected chi connectivity index (χ3v) is 3.49. The van der Waals surface area contributed by atoms with Crippen molar-refractivity contribution in [3.63, 3.8) is 0 Å². The van der Waals surface area contributed by atoms with Gasteiger partial charge in [0.25, 0.3) is 0 Å². The van der Waals surface area contributed by atoms with Gasteiger partial charge >= 0.3 is 5.97 Å². The number of carbonyl (C=O) groups is 1. The van der Waals surface area contributed by atoms with Gasteiger partial charge in [-0.3, -0.25) is 4.79 Å². The minimum absolute atomic E-state index is 0.272. The first-order valence-corrected chi connectivity index (χ1v) is 5.83. The highest BCUT2D eigenvalue weighted by atomic mass is 79.9. The Balaban J connectivity index is 3.00. The molecule has 0 spiro atoms. The molecule has 1 heterocycles. The number of nitrogens with one attached hydrogen (secondary N) is 1. The van der Waals surface area contributed by atoms with E-state index in [1.807, 2.05) is 0 Å². The van der Waals surface area contributed by atoms with E-state index in [1.165, 1.54) is 6.20 Å². The molecule has 0 amide bonds. The van der Waals surface area contributed by atoms with Crippen LogP contribution < -0.4 is 5.43 Å². The van der Waals surface area contributed by atoms with Crippen LogP contribution in [0.2, 0.25) is 0 Å². The highest BCUT2D eigenvalue weighted by molar-refractivity contribution is 9.11. The number of rotatable bonds is 1. The molecule has 0 aliphatic heterocycles. The molecule has 2 rings (SSSR count). The Labute approximate surface area is 107 Å². The normalized spacial score (nSPS) is 10.6.